The molecule has 0 saturated carbocycles. The van der Waals surface area contributed by atoms with Crippen molar-refractivity contribution in [2.24, 2.45) is 10.6 Å². The van der Waals surface area contributed by atoms with Crippen LogP contribution in [0.3, 0.4) is 0 Å². The fourth-order valence-corrected chi connectivity index (χ4v) is 3.40. The maximum atomic E-state index is 11.9. The van der Waals surface area contributed by atoms with Crippen LogP contribution in [0.4, 0.5) is 5.69 Å². The highest BCUT2D eigenvalue weighted by Crippen LogP contribution is 2.30. The molecule has 4 N–H and O–H groups in total. The van der Waals surface area contributed by atoms with E-state index in [-0.39, 0.29) is 16.9 Å². The van der Waals surface area contributed by atoms with Gasteiger partial charge in [0.2, 0.25) is 10.0 Å². The maximum absolute atomic E-state index is 11.9. The van der Waals surface area contributed by atoms with Crippen LogP contribution >= 0.6 is 0 Å². The zero-order valence-corrected chi connectivity index (χ0v) is 16.2. The molecule has 1 aromatic heterocycles. The SMILES string of the molecule is CC(C)(C)C(=O)ON1CC(n2cc(-c3ccc(N)cc3S(N)(=O)=O)cn2)C1. The predicted molar refractivity (Wildman–Crippen MR) is 99.6 cm³/mol. The summed E-state index contributed by atoms with van der Waals surface area (Å²) in [6.07, 6.45) is 3.32. The number of benzene rings is 1. The number of nitrogens with two attached hydrogens (primary N) is 2. The van der Waals surface area contributed by atoms with Gasteiger partial charge in [0.05, 0.1) is 35.6 Å². The molecule has 146 valence electrons. The van der Waals surface area contributed by atoms with Crippen molar-refractivity contribution in [2.75, 3.05) is 18.8 Å². The molecule has 3 rings (SSSR count). The number of carbonyl (C=O) groups is 1. The van der Waals surface area contributed by atoms with Crippen molar-refractivity contribution in [3.8, 4) is 11.1 Å². The van der Waals surface area contributed by atoms with Gasteiger partial charge in [0.15, 0.2) is 0 Å². The molecule has 0 unspecified atom stereocenters. The lowest BCUT2D eigenvalue weighted by Crippen LogP contribution is -2.49. The number of primary sulfonamides is 1. The minimum atomic E-state index is -3.93. The topological polar surface area (TPSA) is 134 Å². The number of nitrogen functional groups attached to an aromatic ring is 1. The van der Waals surface area contributed by atoms with Crippen molar-refractivity contribution < 1.29 is 18.0 Å². The lowest BCUT2D eigenvalue weighted by Gasteiger charge is -2.38. The van der Waals surface area contributed by atoms with Gasteiger partial charge in [0.25, 0.3) is 0 Å². The van der Waals surface area contributed by atoms with E-state index in [4.69, 9.17) is 15.7 Å². The summed E-state index contributed by atoms with van der Waals surface area (Å²) in [5, 5.41) is 11.2. The van der Waals surface area contributed by atoms with Crippen LogP contribution in [0.25, 0.3) is 11.1 Å². The molecule has 10 heteroatoms. The van der Waals surface area contributed by atoms with E-state index in [1.54, 1.807) is 55.0 Å². The lowest BCUT2D eigenvalue weighted by atomic mass is 9.98. The van der Waals surface area contributed by atoms with Gasteiger partial charge in [-0.05, 0) is 32.9 Å². The number of hydrogen-bond acceptors (Lipinski definition) is 7. The first-order valence-electron chi connectivity index (χ1n) is 8.39. The van der Waals surface area contributed by atoms with Crippen LogP contribution < -0.4 is 10.9 Å². The van der Waals surface area contributed by atoms with Crippen LogP contribution in [0.1, 0.15) is 26.8 Å². The van der Waals surface area contributed by atoms with E-state index in [1.165, 1.54) is 6.07 Å². The Bertz CT molecular complexity index is 971. The highest BCUT2D eigenvalue weighted by atomic mass is 32.2. The summed E-state index contributed by atoms with van der Waals surface area (Å²) < 4.78 is 25.4. The molecule has 1 aliphatic heterocycles. The first kappa shape index (κ1) is 19.3. The number of aromatic nitrogens is 2. The van der Waals surface area contributed by atoms with Crippen molar-refractivity contribution in [1.29, 1.82) is 0 Å². The lowest BCUT2D eigenvalue weighted by molar-refractivity contribution is -0.226. The highest BCUT2D eigenvalue weighted by molar-refractivity contribution is 7.89. The summed E-state index contributed by atoms with van der Waals surface area (Å²) in [7, 11) is -3.93. The molecule has 0 amide bonds. The number of sulfonamides is 1. The first-order valence-corrected chi connectivity index (χ1v) is 9.94. The van der Waals surface area contributed by atoms with Gasteiger partial charge in [0.1, 0.15) is 0 Å². The van der Waals surface area contributed by atoms with Gasteiger partial charge >= 0.3 is 5.97 Å². The second-order valence-corrected chi connectivity index (χ2v) is 9.17. The summed E-state index contributed by atoms with van der Waals surface area (Å²) in [4.78, 5) is 17.2. The van der Waals surface area contributed by atoms with Crippen molar-refractivity contribution in [3.05, 3.63) is 30.6 Å². The quantitative estimate of drug-likeness (QED) is 0.744. The Morgan fingerprint density at radius 2 is 1.96 bits per heavy atom. The normalized spacial score (nSPS) is 16.1. The van der Waals surface area contributed by atoms with E-state index in [0.717, 1.165) is 0 Å². The van der Waals surface area contributed by atoms with E-state index in [0.29, 0.717) is 29.9 Å². The molecule has 0 radical (unpaired) electrons. The average Bonchev–Trinajstić information content (AvgIpc) is 2.97. The predicted octanol–water partition coefficient (Wildman–Crippen LogP) is 1.14. The Hall–Kier alpha value is -2.43. The number of hydrogen-bond donors (Lipinski definition) is 2. The van der Waals surface area contributed by atoms with Crippen LogP contribution in [0.2, 0.25) is 0 Å². The standard InChI is InChI=1S/C17H23N5O4S/c1-17(2,3)16(23)26-21-9-13(10-21)22-8-11(7-20-22)14-5-4-12(18)6-15(14)27(19,24)25/h4-8,13H,9-10,18H2,1-3H3,(H2,19,24,25). The maximum Gasteiger partial charge on any atom is 0.330 e. The molecule has 0 spiro atoms. The number of hydroxylamine groups is 2. The molecule has 1 saturated heterocycles. The smallest absolute Gasteiger partial charge is 0.330 e. The molecule has 0 atom stereocenters. The number of nitrogens with zero attached hydrogens (tertiary/aromatic N) is 3. The van der Waals surface area contributed by atoms with E-state index in [2.05, 4.69) is 5.10 Å². The minimum Gasteiger partial charge on any atom is -0.399 e. The highest BCUT2D eigenvalue weighted by Gasteiger charge is 2.35. The van der Waals surface area contributed by atoms with E-state index < -0.39 is 15.4 Å². The minimum absolute atomic E-state index is 0.0261. The Kier molecular flexibility index (Phi) is 4.74. The third kappa shape index (κ3) is 4.12. The Balaban J connectivity index is 1.74. The molecule has 1 aliphatic rings. The van der Waals surface area contributed by atoms with Crippen LogP contribution in [0.5, 0.6) is 0 Å². The van der Waals surface area contributed by atoms with Gasteiger partial charge in [-0.3, -0.25) is 4.68 Å². The summed E-state index contributed by atoms with van der Waals surface area (Å²) >= 11 is 0. The molecule has 27 heavy (non-hydrogen) atoms. The summed E-state index contributed by atoms with van der Waals surface area (Å²) in [6, 6.07) is 4.57. The Labute approximate surface area is 157 Å². The summed E-state index contributed by atoms with van der Waals surface area (Å²) in [6.45, 7) is 6.39. The molecule has 1 fully saturated rings. The molecule has 2 heterocycles. The van der Waals surface area contributed by atoms with Gasteiger partial charge in [-0.1, -0.05) is 6.07 Å². The van der Waals surface area contributed by atoms with E-state index >= 15 is 0 Å². The largest absolute Gasteiger partial charge is 0.399 e. The van der Waals surface area contributed by atoms with Gasteiger partial charge in [-0.25, -0.2) is 18.4 Å². The monoisotopic (exact) mass is 393 g/mol. The fourth-order valence-electron chi connectivity index (χ4n) is 2.60. The van der Waals surface area contributed by atoms with Crippen LogP contribution in [0, 0.1) is 5.41 Å². The summed E-state index contributed by atoms with van der Waals surface area (Å²) in [5.41, 5.74) is 6.48. The molecular formula is C17H23N5O4S. The Morgan fingerprint density at radius 1 is 1.30 bits per heavy atom. The van der Waals surface area contributed by atoms with Gasteiger partial charge in [0, 0.05) is 23.0 Å². The van der Waals surface area contributed by atoms with Crippen molar-refractivity contribution in [1.82, 2.24) is 14.8 Å². The van der Waals surface area contributed by atoms with Crippen molar-refractivity contribution >= 4 is 21.7 Å². The first-order chi connectivity index (χ1) is 12.4. The molecule has 0 aliphatic carbocycles. The molecule has 0 bridgehead atoms. The van der Waals surface area contributed by atoms with Gasteiger partial charge in [-0.2, -0.15) is 5.10 Å². The number of anilines is 1. The second-order valence-electron chi connectivity index (χ2n) is 7.64. The summed E-state index contributed by atoms with van der Waals surface area (Å²) in [5.74, 6) is -0.290. The third-order valence-corrected chi connectivity index (χ3v) is 5.20. The number of carbonyl (C=O) groups excluding carboxylic acids is 1. The van der Waals surface area contributed by atoms with Crippen LogP contribution in [0.15, 0.2) is 35.5 Å². The fraction of sp³-hybridized carbons (Fsp3) is 0.412. The van der Waals surface area contributed by atoms with Gasteiger partial charge < -0.3 is 10.6 Å². The van der Waals surface area contributed by atoms with E-state index in [9.17, 15) is 13.2 Å². The van der Waals surface area contributed by atoms with Crippen LogP contribution in [-0.2, 0) is 19.7 Å². The molecule has 9 nitrogen and oxygen atoms in total. The van der Waals surface area contributed by atoms with Crippen LogP contribution in [-0.4, -0.2) is 42.3 Å². The van der Waals surface area contributed by atoms with Gasteiger partial charge in [-0.15, -0.1) is 5.06 Å². The number of rotatable bonds is 4. The Morgan fingerprint density at radius 3 is 2.56 bits per heavy atom. The average molecular weight is 393 g/mol. The van der Waals surface area contributed by atoms with Crippen molar-refractivity contribution in [3.63, 3.8) is 0 Å². The zero-order valence-electron chi connectivity index (χ0n) is 15.4. The molecule has 2 aromatic rings. The van der Waals surface area contributed by atoms with Crippen molar-refractivity contribution in [2.45, 2.75) is 31.7 Å². The third-order valence-electron chi connectivity index (χ3n) is 4.25. The van der Waals surface area contributed by atoms with E-state index in [1.807, 2.05) is 0 Å². The zero-order chi connectivity index (χ0) is 20.0. The second kappa shape index (κ2) is 6.63. The molecule has 1 aromatic carbocycles. The molecular weight excluding hydrogens is 370 g/mol.